The molecule has 0 fully saturated rings. The van der Waals surface area contributed by atoms with Crippen molar-refractivity contribution < 1.29 is 9.59 Å². The number of benzene rings is 4. The average molecular weight is 615 g/mol. The van der Waals surface area contributed by atoms with E-state index in [1.807, 2.05) is 80.6 Å². The Morgan fingerprint density at radius 1 is 0.711 bits per heavy atom. The van der Waals surface area contributed by atoms with Crippen molar-refractivity contribution >= 4 is 45.8 Å². The number of hydrogen-bond acceptors (Lipinski definition) is 2. The second-order valence-electron chi connectivity index (χ2n) is 9.29. The largest absolute Gasteiger partial charge is 0.322 e. The third kappa shape index (κ3) is 7.42. The maximum absolute atomic E-state index is 12.3. The molecule has 5 rings (SSSR count). The zero-order chi connectivity index (χ0) is 26.9. The lowest BCUT2D eigenvalue weighted by Crippen LogP contribution is -2.13. The van der Waals surface area contributed by atoms with E-state index in [-0.39, 0.29) is 11.8 Å². The molecule has 0 radical (unpaired) electrons. The van der Waals surface area contributed by atoms with Gasteiger partial charge in [-0.1, -0.05) is 66.7 Å². The molecule has 0 aromatic heterocycles. The molecule has 38 heavy (non-hydrogen) atoms. The van der Waals surface area contributed by atoms with Crippen LogP contribution in [0.15, 0.2) is 109 Å². The van der Waals surface area contributed by atoms with E-state index in [0.717, 1.165) is 38.9 Å². The highest BCUT2D eigenvalue weighted by molar-refractivity contribution is 14.1. The third-order valence-electron chi connectivity index (χ3n) is 6.47. The molecule has 2 N–H and O–H groups in total. The lowest BCUT2D eigenvalue weighted by molar-refractivity contribution is 0.101. The fourth-order valence-corrected chi connectivity index (χ4v) is 4.70. The van der Waals surface area contributed by atoms with Gasteiger partial charge in [-0.2, -0.15) is 0 Å². The van der Waals surface area contributed by atoms with Crippen molar-refractivity contribution in [3.8, 4) is 0 Å². The van der Waals surface area contributed by atoms with Gasteiger partial charge in [-0.05, 0) is 108 Å². The summed E-state index contributed by atoms with van der Waals surface area (Å²) in [6.45, 7) is 4.01. The first-order chi connectivity index (χ1) is 18.4. The Balaban J connectivity index is 0.000000181. The standard InChI is InChI=1S/C19H19NO.C14H12INO/c1-14-11-12-17(15-7-5-6-8-15)13-18(14)20-19(21)16-9-3-2-4-10-16;1-10-7-8-12(15)9-13(10)16-14(17)11-5-3-2-4-6-11/h2-5,7,9-13,15H,6,8H2,1H3,(H,20,21);2-9H,1H3,(H,16,17). The molecule has 192 valence electrons. The zero-order valence-corrected chi connectivity index (χ0v) is 23.7. The Kier molecular flexibility index (Phi) is 9.49. The fraction of sp³-hybridized carbons (Fsp3) is 0.152. The molecule has 4 aromatic rings. The smallest absolute Gasteiger partial charge is 0.255 e. The summed E-state index contributed by atoms with van der Waals surface area (Å²) in [4.78, 5) is 24.2. The maximum atomic E-state index is 12.3. The number of rotatable bonds is 5. The topological polar surface area (TPSA) is 58.2 Å². The van der Waals surface area contributed by atoms with Gasteiger partial charge in [0.1, 0.15) is 0 Å². The van der Waals surface area contributed by atoms with Gasteiger partial charge in [0.2, 0.25) is 0 Å². The number of hydrogen-bond donors (Lipinski definition) is 2. The summed E-state index contributed by atoms with van der Waals surface area (Å²) in [5.41, 5.74) is 6.55. The van der Waals surface area contributed by atoms with Crippen molar-refractivity contribution in [1.82, 2.24) is 0 Å². The van der Waals surface area contributed by atoms with Gasteiger partial charge in [0.25, 0.3) is 11.8 Å². The van der Waals surface area contributed by atoms with Gasteiger partial charge >= 0.3 is 0 Å². The van der Waals surface area contributed by atoms with Crippen LogP contribution < -0.4 is 10.6 Å². The van der Waals surface area contributed by atoms with Crippen molar-refractivity contribution in [2.75, 3.05) is 10.6 Å². The molecule has 0 saturated heterocycles. The monoisotopic (exact) mass is 614 g/mol. The van der Waals surface area contributed by atoms with Crippen molar-refractivity contribution in [3.05, 3.63) is 141 Å². The summed E-state index contributed by atoms with van der Waals surface area (Å²) in [5.74, 6) is 0.353. The minimum absolute atomic E-state index is 0.0576. The summed E-state index contributed by atoms with van der Waals surface area (Å²) in [7, 11) is 0. The highest BCUT2D eigenvalue weighted by Gasteiger charge is 2.14. The predicted octanol–water partition coefficient (Wildman–Crippen LogP) is 8.53. The van der Waals surface area contributed by atoms with E-state index in [1.165, 1.54) is 5.56 Å². The molecule has 1 aliphatic carbocycles. The average Bonchev–Trinajstić information content (AvgIpc) is 3.48. The first-order valence-corrected chi connectivity index (χ1v) is 13.7. The zero-order valence-electron chi connectivity index (χ0n) is 21.6. The summed E-state index contributed by atoms with van der Waals surface area (Å²) in [5, 5.41) is 5.95. The van der Waals surface area contributed by atoms with Crippen LogP contribution in [0.5, 0.6) is 0 Å². The van der Waals surface area contributed by atoms with Gasteiger partial charge in [0, 0.05) is 32.0 Å². The Morgan fingerprint density at radius 3 is 1.76 bits per heavy atom. The molecule has 0 saturated carbocycles. The first-order valence-electron chi connectivity index (χ1n) is 12.7. The van der Waals surface area contributed by atoms with Crippen molar-refractivity contribution in [2.24, 2.45) is 0 Å². The fourth-order valence-electron chi connectivity index (χ4n) is 4.21. The number of allylic oxidation sites excluding steroid dienone is 2. The Morgan fingerprint density at radius 2 is 1.24 bits per heavy atom. The predicted molar refractivity (Wildman–Crippen MR) is 165 cm³/mol. The molecule has 0 heterocycles. The molecule has 4 aromatic carbocycles. The van der Waals surface area contributed by atoms with Crippen LogP contribution in [0, 0.1) is 17.4 Å². The van der Waals surface area contributed by atoms with Crippen LogP contribution in [-0.2, 0) is 0 Å². The van der Waals surface area contributed by atoms with E-state index in [2.05, 4.69) is 63.6 Å². The summed E-state index contributed by atoms with van der Waals surface area (Å²) >= 11 is 2.23. The van der Waals surface area contributed by atoms with E-state index in [4.69, 9.17) is 0 Å². The van der Waals surface area contributed by atoms with Crippen LogP contribution in [0.3, 0.4) is 0 Å². The SMILES string of the molecule is Cc1ccc(C2C=CCC2)cc1NC(=O)c1ccccc1.Cc1ccc(I)cc1NC(=O)c1ccccc1. The van der Waals surface area contributed by atoms with Crippen LogP contribution >= 0.6 is 22.6 Å². The van der Waals surface area contributed by atoms with Crippen LogP contribution in [0.1, 0.15) is 56.2 Å². The summed E-state index contributed by atoms with van der Waals surface area (Å²) < 4.78 is 1.11. The van der Waals surface area contributed by atoms with E-state index < -0.39 is 0 Å². The number of carbonyl (C=O) groups excluding carboxylic acids is 2. The molecule has 2 amide bonds. The number of halogens is 1. The summed E-state index contributed by atoms with van der Waals surface area (Å²) in [6, 6.07) is 30.9. The molecule has 1 unspecified atom stereocenters. The van der Waals surface area contributed by atoms with Gasteiger partial charge in [-0.3, -0.25) is 9.59 Å². The van der Waals surface area contributed by atoms with Crippen LogP contribution in [0.25, 0.3) is 0 Å². The molecular formula is C33H31IN2O2. The number of anilines is 2. The second kappa shape index (κ2) is 13.2. The minimum Gasteiger partial charge on any atom is -0.322 e. The van der Waals surface area contributed by atoms with E-state index in [1.54, 1.807) is 12.1 Å². The van der Waals surface area contributed by atoms with Gasteiger partial charge in [0.05, 0.1) is 0 Å². The lowest BCUT2D eigenvalue weighted by atomic mass is 9.96. The molecule has 0 spiro atoms. The lowest BCUT2D eigenvalue weighted by Gasteiger charge is -2.13. The van der Waals surface area contributed by atoms with Gasteiger partial charge < -0.3 is 10.6 Å². The minimum atomic E-state index is -0.0734. The van der Waals surface area contributed by atoms with E-state index in [9.17, 15) is 9.59 Å². The van der Waals surface area contributed by atoms with Crippen LogP contribution in [0.2, 0.25) is 0 Å². The molecular weight excluding hydrogens is 583 g/mol. The second-order valence-corrected chi connectivity index (χ2v) is 10.5. The first kappa shape index (κ1) is 27.3. The normalized spacial score (nSPS) is 13.8. The molecule has 0 aliphatic heterocycles. The Bertz CT molecular complexity index is 1430. The molecule has 0 bridgehead atoms. The van der Waals surface area contributed by atoms with Crippen molar-refractivity contribution in [1.29, 1.82) is 0 Å². The molecule has 1 aliphatic rings. The molecule has 5 heteroatoms. The number of aryl methyl sites for hydroxylation is 2. The Labute approximate surface area is 238 Å². The van der Waals surface area contributed by atoms with Gasteiger partial charge in [-0.25, -0.2) is 0 Å². The number of nitrogens with one attached hydrogen (secondary N) is 2. The van der Waals surface area contributed by atoms with Crippen molar-refractivity contribution in [2.45, 2.75) is 32.6 Å². The van der Waals surface area contributed by atoms with E-state index in [0.29, 0.717) is 17.0 Å². The van der Waals surface area contributed by atoms with Crippen LogP contribution in [-0.4, -0.2) is 11.8 Å². The molecule has 1 atom stereocenters. The molecule has 4 nitrogen and oxygen atoms in total. The number of amides is 2. The third-order valence-corrected chi connectivity index (χ3v) is 7.14. The summed E-state index contributed by atoms with van der Waals surface area (Å²) in [6.07, 6.45) is 6.79. The quantitative estimate of drug-likeness (QED) is 0.175. The van der Waals surface area contributed by atoms with Gasteiger partial charge in [-0.15, -0.1) is 0 Å². The highest BCUT2D eigenvalue weighted by Crippen LogP contribution is 2.31. The van der Waals surface area contributed by atoms with Crippen LogP contribution in [0.4, 0.5) is 11.4 Å². The van der Waals surface area contributed by atoms with E-state index >= 15 is 0 Å². The number of carbonyl (C=O) groups is 2. The van der Waals surface area contributed by atoms with Gasteiger partial charge in [0.15, 0.2) is 0 Å². The van der Waals surface area contributed by atoms with Crippen molar-refractivity contribution in [3.63, 3.8) is 0 Å². The highest BCUT2D eigenvalue weighted by atomic mass is 127. The Hall–Kier alpha value is -3.71. The maximum Gasteiger partial charge on any atom is 0.255 e.